The highest BCUT2D eigenvalue weighted by Gasteiger charge is 2.09. The van der Waals surface area contributed by atoms with Gasteiger partial charge in [-0.05, 0) is 37.3 Å². The molecular weight excluding hydrogens is 245 g/mol. The van der Waals surface area contributed by atoms with Crippen LogP contribution in [0.3, 0.4) is 0 Å². The number of rotatable bonds is 4. The number of hydrogen-bond donors (Lipinski definition) is 0. The third kappa shape index (κ3) is 3.02. The lowest BCUT2D eigenvalue weighted by Gasteiger charge is -2.12. The van der Waals surface area contributed by atoms with Gasteiger partial charge in [-0.3, -0.25) is 0 Å². The molecule has 0 atom stereocenters. The zero-order valence-electron chi connectivity index (χ0n) is 10.4. The molecule has 3 nitrogen and oxygen atoms in total. The Balaban J connectivity index is 2.34. The molecule has 2 rings (SSSR count). The predicted molar refractivity (Wildman–Crippen MR) is 68.8 cm³/mol. The van der Waals surface area contributed by atoms with Crippen LogP contribution >= 0.6 is 0 Å². The lowest BCUT2D eigenvalue weighted by Crippen LogP contribution is -1.96. The van der Waals surface area contributed by atoms with Gasteiger partial charge in [-0.25, -0.2) is 4.39 Å². The Morgan fingerprint density at radius 1 is 1.11 bits per heavy atom. The van der Waals surface area contributed by atoms with Gasteiger partial charge in [-0.15, -0.1) is 0 Å². The molecule has 0 spiro atoms. The molecule has 0 fully saturated rings. The first-order valence-corrected chi connectivity index (χ1v) is 5.84. The van der Waals surface area contributed by atoms with Gasteiger partial charge >= 0.3 is 0 Å². The topological polar surface area (TPSA) is 42.2 Å². The average Bonchev–Trinajstić information content (AvgIpc) is 2.43. The number of nitriles is 1. The van der Waals surface area contributed by atoms with Crippen LogP contribution in [0.5, 0.6) is 17.2 Å². The zero-order chi connectivity index (χ0) is 13.7. The van der Waals surface area contributed by atoms with Gasteiger partial charge in [0, 0.05) is 0 Å². The van der Waals surface area contributed by atoms with E-state index in [4.69, 9.17) is 14.7 Å². The van der Waals surface area contributed by atoms with E-state index in [9.17, 15) is 4.39 Å². The van der Waals surface area contributed by atoms with Crippen LogP contribution in [0.4, 0.5) is 4.39 Å². The molecule has 2 aromatic rings. The molecule has 0 amide bonds. The molecule has 4 heteroatoms. The van der Waals surface area contributed by atoms with E-state index in [1.807, 2.05) is 19.1 Å². The van der Waals surface area contributed by atoms with Crippen LogP contribution in [0.15, 0.2) is 42.5 Å². The number of hydrogen-bond acceptors (Lipinski definition) is 3. The van der Waals surface area contributed by atoms with Gasteiger partial charge < -0.3 is 9.47 Å². The first-order valence-electron chi connectivity index (χ1n) is 5.84. The molecule has 0 saturated heterocycles. The summed E-state index contributed by atoms with van der Waals surface area (Å²) in [5, 5.41) is 8.97. The number of ether oxygens (including phenoxy) is 2. The molecular formula is C15H12FNO2. The fraction of sp³-hybridized carbons (Fsp3) is 0.133. The molecule has 0 bridgehead atoms. The van der Waals surface area contributed by atoms with E-state index < -0.39 is 5.82 Å². The van der Waals surface area contributed by atoms with Crippen molar-refractivity contribution in [3.8, 4) is 23.3 Å². The monoisotopic (exact) mass is 257 g/mol. The Bertz CT molecular complexity index is 620. The summed E-state index contributed by atoms with van der Waals surface area (Å²) in [4.78, 5) is 0. The zero-order valence-corrected chi connectivity index (χ0v) is 10.4. The van der Waals surface area contributed by atoms with Crippen molar-refractivity contribution in [2.75, 3.05) is 6.61 Å². The standard InChI is InChI=1S/C15H12FNO2/c1-2-18-14-5-3-4-6-15(14)19-13-8-7-12(16)9-11(13)10-17/h3-9H,2H2,1H3. The Hall–Kier alpha value is -2.54. The molecule has 0 aliphatic heterocycles. The third-order valence-corrected chi connectivity index (χ3v) is 2.43. The lowest BCUT2D eigenvalue weighted by atomic mass is 10.2. The van der Waals surface area contributed by atoms with Crippen LogP contribution in [0, 0.1) is 17.1 Å². The summed E-state index contributed by atoms with van der Waals surface area (Å²) in [5.41, 5.74) is 0.145. The normalized spacial score (nSPS) is 9.74. The smallest absolute Gasteiger partial charge is 0.169 e. The van der Waals surface area contributed by atoms with Crippen LogP contribution in [0.25, 0.3) is 0 Å². The molecule has 0 aliphatic carbocycles. The first-order chi connectivity index (χ1) is 9.24. The molecule has 0 radical (unpaired) electrons. The fourth-order valence-electron chi connectivity index (χ4n) is 1.61. The molecule has 0 unspecified atom stereocenters. The van der Waals surface area contributed by atoms with Crippen molar-refractivity contribution in [2.24, 2.45) is 0 Å². The van der Waals surface area contributed by atoms with Crippen LogP contribution in [-0.4, -0.2) is 6.61 Å². The number of para-hydroxylation sites is 2. The number of halogens is 1. The quantitative estimate of drug-likeness (QED) is 0.834. The summed E-state index contributed by atoms with van der Waals surface area (Å²) < 4.78 is 24.1. The number of benzene rings is 2. The highest BCUT2D eigenvalue weighted by atomic mass is 19.1. The largest absolute Gasteiger partial charge is 0.490 e. The Morgan fingerprint density at radius 3 is 2.53 bits per heavy atom. The minimum absolute atomic E-state index is 0.145. The first kappa shape index (κ1) is 12.9. The molecule has 0 aliphatic rings. The van der Waals surface area contributed by atoms with E-state index in [2.05, 4.69) is 0 Å². The maximum absolute atomic E-state index is 13.0. The van der Waals surface area contributed by atoms with Gasteiger partial charge in [-0.2, -0.15) is 5.26 Å². The maximum atomic E-state index is 13.0. The van der Waals surface area contributed by atoms with E-state index in [1.54, 1.807) is 18.2 Å². The fourth-order valence-corrected chi connectivity index (χ4v) is 1.61. The molecule has 0 saturated carbocycles. The van der Waals surface area contributed by atoms with Crippen molar-refractivity contribution in [1.29, 1.82) is 5.26 Å². The second-order valence-corrected chi connectivity index (χ2v) is 3.73. The minimum Gasteiger partial charge on any atom is -0.490 e. The van der Waals surface area contributed by atoms with Gasteiger partial charge in [0.25, 0.3) is 0 Å². The van der Waals surface area contributed by atoms with Crippen molar-refractivity contribution < 1.29 is 13.9 Å². The summed E-state index contributed by atoms with van der Waals surface area (Å²) in [6.07, 6.45) is 0. The summed E-state index contributed by atoms with van der Waals surface area (Å²) in [5.74, 6) is 0.906. The van der Waals surface area contributed by atoms with E-state index in [0.29, 0.717) is 23.9 Å². The Morgan fingerprint density at radius 2 is 1.84 bits per heavy atom. The minimum atomic E-state index is -0.470. The van der Waals surface area contributed by atoms with Crippen LogP contribution in [-0.2, 0) is 0 Å². The Labute approximate surface area is 110 Å². The summed E-state index contributed by atoms with van der Waals surface area (Å²) in [6.45, 7) is 2.38. The molecule has 19 heavy (non-hydrogen) atoms. The summed E-state index contributed by atoms with van der Waals surface area (Å²) in [7, 11) is 0. The van der Waals surface area contributed by atoms with Gasteiger partial charge in [0.15, 0.2) is 11.5 Å². The number of nitrogens with zero attached hydrogens (tertiary/aromatic N) is 1. The highest BCUT2D eigenvalue weighted by molar-refractivity contribution is 5.48. The van der Waals surface area contributed by atoms with E-state index in [0.717, 1.165) is 6.07 Å². The molecule has 0 heterocycles. The van der Waals surface area contributed by atoms with E-state index >= 15 is 0 Å². The SMILES string of the molecule is CCOc1ccccc1Oc1ccc(F)cc1C#N. The van der Waals surface area contributed by atoms with Gasteiger partial charge in [0.05, 0.1) is 12.2 Å². The molecule has 0 aromatic heterocycles. The van der Waals surface area contributed by atoms with Crippen molar-refractivity contribution >= 4 is 0 Å². The van der Waals surface area contributed by atoms with Gasteiger partial charge in [0.2, 0.25) is 0 Å². The van der Waals surface area contributed by atoms with Crippen molar-refractivity contribution in [3.05, 3.63) is 53.8 Å². The molecule has 0 N–H and O–H groups in total. The van der Waals surface area contributed by atoms with Crippen LogP contribution in [0.1, 0.15) is 12.5 Å². The summed E-state index contributed by atoms with van der Waals surface area (Å²) in [6, 6.07) is 12.8. The third-order valence-electron chi connectivity index (χ3n) is 2.43. The van der Waals surface area contributed by atoms with Gasteiger partial charge in [-0.1, -0.05) is 12.1 Å². The van der Waals surface area contributed by atoms with Crippen molar-refractivity contribution in [2.45, 2.75) is 6.92 Å². The molecule has 2 aromatic carbocycles. The van der Waals surface area contributed by atoms with E-state index in [1.165, 1.54) is 12.1 Å². The molecule has 96 valence electrons. The van der Waals surface area contributed by atoms with Crippen molar-refractivity contribution in [3.63, 3.8) is 0 Å². The highest BCUT2D eigenvalue weighted by Crippen LogP contribution is 2.32. The van der Waals surface area contributed by atoms with Gasteiger partial charge in [0.1, 0.15) is 17.6 Å². The predicted octanol–water partition coefficient (Wildman–Crippen LogP) is 3.89. The summed E-state index contributed by atoms with van der Waals surface area (Å²) >= 11 is 0. The second kappa shape index (κ2) is 5.87. The van der Waals surface area contributed by atoms with E-state index in [-0.39, 0.29) is 5.56 Å². The van der Waals surface area contributed by atoms with Crippen molar-refractivity contribution in [1.82, 2.24) is 0 Å². The van der Waals surface area contributed by atoms with Crippen LogP contribution < -0.4 is 9.47 Å². The lowest BCUT2D eigenvalue weighted by molar-refractivity contribution is 0.321. The Kier molecular flexibility index (Phi) is 3.99. The maximum Gasteiger partial charge on any atom is 0.169 e. The van der Waals surface area contributed by atoms with Crippen LogP contribution in [0.2, 0.25) is 0 Å². The average molecular weight is 257 g/mol. The second-order valence-electron chi connectivity index (χ2n) is 3.73.